The number of phenols is 1. The lowest BCUT2D eigenvalue weighted by Gasteiger charge is -2.12. The number of carbonyl (C=O) groups excluding carboxylic acids is 1. The molecule has 2 aromatic rings. The molecule has 0 bridgehead atoms. The Bertz CT molecular complexity index is 674. The number of benzene rings is 2. The first-order valence-corrected chi connectivity index (χ1v) is 6.53. The first-order chi connectivity index (χ1) is 10.7. The molecule has 0 unspecified atom stereocenters. The summed E-state index contributed by atoms with van der Waals surface area (Å²) in [5, 5.41) is 9.30. The normalized spacial score (nSPS) is 10.9. The van der Waals surface area contributed by atoms with Gasteiger partial charge >= 0.3 is 5.97 Å². The topological polar surface area (TPSA) is 65.0 Å². The number of para-hydroxylation sites is 1. The van der Waals surface area contributed by atoms with Crippen LogP contribution in [0.15, 0.2) is 54.8 Å². The van der Waals surface area contributed by atoms with Crippen LogP contribution in [0.1, 0.15) is 5.56 Å². The van der Waals surface area contributed by atoms with Crippen LogP contribution in [0.2, 0.25) is 0 Å². The first-order valence-electron chi connectivity index (χ1n) is 6.53. The molecule has 0 aliphatic rings. The van der Waals surface area contributed by atoms with Gasteiger partial charge in [-0.3, -0.25) is 0 Å². The quantitative estimate of drug-likeness (QED) is 0.521. The molecule has 22 heavy (non-hydrogen) atoms. The van der Waals surface area contributed by atoms with Gasteiger partial charge in [-0.15, -0.1) is 0 Å². The first kappa shape index (κ1) is 15.4. The minimum Gasteiger partial charge on any atom is -0.508 e. The summed E-state index contributed by atoms with van der Waals surface area (Å²) in [6.07, 6.45) is 1.31. The number of carbonyl (C=O) groups is 1. The van der Waals surface area contributed by atoms with Gasteiger partial charge in [-0.25, -0.2) is 4.79 Å². The van der Waals surface area contributed by atoms with Gasteiger partial charge in [0.2, 0.25) is 0 Å². The maximum atomic E-state index is 11.9. The highest BCUT2D eigenvalue weighted by Gasteiger charge is 2.17. The van der Waals surface area contributed by atoms with Crippen LogP contribution in [0.5, 0.6) is 17.2 Å². The molecule has 2 aromatic carbocycles. The number of aromatic hydroxyl groups is 1. The summed E-state index contributed by atoms with van der Waals surface area (Å²) >= 11 is 0. The molecule has 0 saturated heterocycles. The molecule has 5 nitrogen and oxygen atoms in total. The number of hydrogen-bond acceptors (Lipinski definition) is 5. The average molecular weight is 300 g/mol. The fourth-order valence-corrected chi connectivity index (χ4v) is 1.87. The Morgan fingerprint density at radius 3 is 2.36 bits per heavy atom. The predicted octanol–water partition coefficient (Wildman–Crippen LogP) is 3.34. The lowest BCUT2D eigenvalue weighted by molar-refractivity contribution is -0.133. The minimum absolute atomic E-state index is 0.148. The van der Waals surface area contributed by atoms with Crippen molar-refractivity contribution < 1.29 is 24.1 Å². The molecule has 0 amide bonds. The van der Waals surface area contributed by atoms with Gasteiger partial charge in [-0.05, 0) is 30.3 Å². The van der Waals surface area contributed by atoms with E-state index in [-0.39, 0.29) is 11.3 Å². The van der Waals surface area contributed by atoms with E-state index in [1.165, 1.54) is 32.6 Å². The Kier molecular flexibility index (Phi) is 5.03. The molecule has 2 rings (SSSR count). The highest BCUT2D eigenvalue weighted by atomic mass is 16.5. The molecular weight excluding hydrogens is 284 g/mol. The summed E-state index contributed by atoms with van der Waals surface area (Å²) < 4.78 is 15.5. The second-order valence-electron chi connectivity index (χ2n) is 4.35. The molecular formula is C17H16O5. The molecule has 0 aromatic heterocycles. The van der Waals surface area contributed by atoms with Crippen molar-refractivity contribution in [3.05, 3.63) is 60.4 Å². The van der Waals surface area contributed by atoms with Crippen molar-refractivity contribution in [2.45, 2.75) is 0 Å². The van der Waals surface area contributed by atoms with Crippen molar-refractivity contribution >= 4 is 11.5 Å². The largest absolute Gasteiger partial charge is 0.508 e. The van der Waals surface area contributed by atoms with Crippen molar-refractivity contribution in [2.24, 2.45) is 0 Å². The van der Waals surface area contributed by atoms with Crippen LogP contribution in [0.4, 0.5) is 0 Å². The third-order valence-electron chi connectivity index (χ3n) is 2.88. The fourth-order valence-electron chi connectivity index (χ4n) is 1.87. The highest BCUT2D eigenvalue weighted by Crippen LogP contribution is 2.31. The fraction of sp³-hybridized carbons (Fsp3) is 0.118. The van der Waals surface area contributed by atoms with Crippen molar-refractivity contribution in [2.75, 3.05) is 14.2 Å². The van der Waals surface area contributed by atoms with Crippen LogP contribution in [-0.2, 0) is 14.3 Å². The highest BCUT2D eigenvalue weighted by molar-refractivity contribution is 6.17. The van der Waals surface area contributed by atoms with Gasteiger partial charge in [-0.1, -0.05) is 18.2 Å². The number of ether oxygens (including phenoxy) is 3. The summed E-state index contributed by atoms with van der Waals surface area (Å²) in [4.78, 5) is 11.9. The van der Waals surface area contributed by atoms with Crippen LogP contribution >= 0.6 is 0 Å². The zero-order valence-corrected chi connectivity index (χ0v) is 12.3. The van der Waals surface area contributed by atoms with E-state index in [2.05, 4.69) is 0 Å². The Morgan fingerprint density at radius 2 is 1.73 bits per heavy atom. The Balaban J connectivity index is 2.39. The molecule has 5 heteroatoms. The van der Waals surface area contributed by atoms with E-state index in [4.69, 9.17) is 14.2 Å². The lowest BCUT2D eigenvalue weighted by Crippen LogP contribution is -2.05. The number of rotatable bonds is 5. The Labute approximate surface area is 128 Å². The zero-order chi connectivity index (χ0) is 15.9. The molecule has 0 atom stereocenters. The number of esters is 1. The third kappa shape index (κ3) is 3.58. The number of methoxy groups -OCH3 is 2. The minimum atomic E-state index is -0.524. The van der Waals surface area contributed by atoms with E-state index >= 15 is 0 Å². The van der Waals surface area contributed by atoms with E-state index in [1.54, 1.807) is 36.4 Å². The maximum Gasteiger partial charge on any atom is 0.341 e. The van der Waals surface area contributed by atoms with Gasteiger partial charge < -0.3 is 19.3 Å². The second kappa shape index (κ2) is 7.17. The van der Waals surface area contributed by atoms with Crippen LogP contribution in [-0.4, -0.2) is 25.3 Å². The Hall–Kier alpha value is -2.95. The lowest BCUT2D eigenvalue weighted by atomic mass is 10.1. The van der Waals surface area contributed by atoms with Gasteiger partial charge in [0.1, 0.15) is 22.8 Å². The molecule has 1 N–H and O–H groups in total. The Morgan fingerprint density at radius 1 is 1.05 bits per heavy atom. The number of hydrogen-bond donors (Lipinski definition) is 1. The van der Waals surface area contributed by atoms with E-state index in [0.29, 0.717) is 17.1 Å². The molecule has 0 aliphatic heterocycles. The van der Waals surface area contributed by atoms with Gasteiger partial charge in [0.25, 0.3) is 0 Å². The third-order valence-corrected chi connectivity index (χ3v) is 2.88. The monoisotopic (exact) mass is 300 g/mol. The SMILES string of the molecule is CO/C=C(/C(=O)OC)c1ccccc1Oc1ccc(O)cc1. The second-order valence-corrected chi connectivity index (χ2v) is 4.35. The summed E-state index contributed by atoms with van der Waals surface area (Å²) in [5.74, 6) is 0.632. The van der Waals surface area contributed by atoms with Crippen molar-refractivity contribution in [3.8, 4) is 17.2 Å². The van der Waals surface area contributed by atoms with Gasteiger partial charge in [0.05, 0.1) is 20.5 Å². The van der Waals surface area contributed by atoms with Crippen molar-refractivity contribution in [1.29, 1.82) is 0 Å². The molecule has 0 heterocycles. The van der Waals surface area contributed by atoms with Crippen LogP contribution in [0.25, 0.3) is 5.57 Å². The smallest absolute Gasteiger partial charge is 0.341 e. The van der Waals surface area contributed by atoms with E-state index < -0.39 is 5.97 Å². The zero-order valence-electron chi connectivity index (χ0n) is 12.3. The summed E-state index contributed by atoms with van der Waals surface area (Å²) in [5.41, 5.74) is 0.795. The molecule has 0 saturated carbocycles. The molecule has 0 aliphatic carbocycles. The summed E-state index contributed by atoms with van der Waals surface area (Å²) in [7, 11) is 2.75. The maximum absolute atomic E-state index is 11.9. The van der Waals surface area contributed by atoms with Crippen LogP contribution < -0.4 is 4.74 Å². The van der Waals surface area contributed by atoms with Crippen molar-refractivity contribution in [3.63, 3.8) is 0 Å². The van der Waals surface area contributed by atoms with Gasteiger partial charge in [0.15, 0.2) is 0 Å². The predicted molar refractivity (Wildman–Crippen MR) is 81.6 cm³/mol. The molecule has 114 valence electrons. The summed E-state index contributed by atoms with van der Waals surface area (Å²) in [6.45, 7) is 0. The van der Waals surface area contributed by atoms with E-state index in [0.717, 1.165) is 0 Å². The van der Waals surface area contributed by atoms with Crippen molar-refractivity contribution in [1.82, 2.24) is 0 Å². The molecule has 0 fully saturated rings. The van der Waals surface area contributed by atoms with Crippen LogP contribution in [0, 0.1) is 0 Å². The van der Waals surface area contributed by atoms with E-state index in [9.17, 15) is 9.90 Å². The van der Waals surface area contributed by atoms with E-state index in [1.807, 2.05) is 0 Å². The van der Waals surface area contributed by atoms with Gasteiger partial charge in [0, 0.05) is 5.56 Å². The molecule has 0 spiro atoms. The summed E-state index contributed by atoms with van der Waals surface area (Å²) in [6, 6.07) is 13.3. The van der Waals surface area contributed by atoms with Gasteiger partial charge in [-0.2, -0.15) is 0 Å². The number of phenolic OH excluding ortho intramolecular Hbond substituents is 1. The average Bonchev–Trinajstić information content (AvgIpc) is 2.55. The van der Waals surface area contributed by atoms with Crippen LogP contribution in [0.3, 0.4) is 0 Å². The molecule has 0 radical (unpaired) electrons. The standard InChI is InChI=1S/C17H16O5/c1-20-11-15(17(19)21-2)14-5-3-4-6-16(14)22-13-9-7-12(18)8-10-13/h3-11,18H,1-2H3/b15-11+.